The van der Waals surface area contributed by atoms with Gasteiger partial charge in [0.1, 0.15) is 11.6 Å². The van der Waals surface area contributed by atoms with E-state index >= 15 is 0 Å². The summed E-state index contributed by atoms with van der Waals surface area (Å²) in [7, 11) is 0. The number of carbonyl (C=O) groups excluding carboxylic acids is 1. The van der Waals surface area contributed by atoms with Crippen molar-refractivity contribution in [2.45, 2.75) is 63.5 Å². The first-order valence-corrected chi connectivity index (χ1v) is 12.7. The van der Waals surface area contributed by atoms with Crippen LogP contribution in [0, 0.1) is 17.2 Å². The van der Waals surface area contributed by atoms with Gasteiger partial charge in [0.05, 0.1) is 27.5 Å². The summed E-state index contributed by atoms with van der Waals surface area (Å²) in [5.74, 6) is 0.778. The monoisotopic (exact) mass is 512 g/mol. The molecular weight excluding hydrogens is 487 g/mol. The number of nitrogens with one attached hydrogen (secondary N) is 2. The number of nitriles is 1. The molecule has 1 amide bonds. The molecule has 9 nitrogen and oxygen atoms in total. The molecule has 0 aliphatic heterocycles. The standard InChI is InChI=1S/C24H26Cl2N8O/c25-19-14(11-27)7-10-17(20(19)26)31-24-32-18-12-29-23(30-15-3-1-2-4-15)33-22(18)34(24)16-8-5-13(6-9-16)21(28)35/h7,10,12-13,15-16H,1-6,8-9H2,(H2,28,35)(H,31,32)(H,29,30,33)/t13-,16-. The quantitative estimate of drug-likeness (QED) is 0.406. The largest absolute Gasteiger partial charge is 0.369 e. The van der Waals surface area contributed by atoms with E-state index in [-0.39, 0.29) is 27.9 Å². The van der Waals surface area contributed by atoms with Gasteiger partial charge in [-0.05, 0) is 50.7 Å². The van der Waals surface area contributed by atoms with Crippen LogP contribution >= 0.6 is 23.2 Å². The van der Waals surface area contributed by atoms with Crippen LogP contribution in [-0.2, 0) is 4.79 Å². The number of hydrogen-bond donors (Lipinski definition) is 3. The zero-order valence-corrected chi connectivity index (χ0v) is 20.6. The van der Waals surface area contributed by atoms with E-state index in [1.807, 2.05) is 6.07 Å². The van der Waals surface area contributed by atoms with E-state index in [4.69, 9.17) is 38.9 Å². The molecular formula is C24H26Cl2N8O. The summed E-state index contributed by atoms with van der Waals surface area (Å²) in [5, 5.41) is 16.4. The Morgan fingerprint density at radius 3 is 2.51 bits per heavy atom. The van der Waals surface area contributed by atoms with Crippen molar-refractivity contribution in [3.63, 3.8) is 0 Å². The van der Waals surface area contributed by atoms with Gasteiger partial charge in [-0.15, -0.1) is 0 Å². The molecule has 0 saturated heterocycles. The minimum atomic E-state index is -0.248. The first-order valence-electron chi connectivity index (χ1n) is 11.9. The average Bonchev–Trinajstić information content (AvgIpc) is 3.49. The second-order valence-electron chi connectivity index (χ2n) is 9.27. The third-order valence-corrected chi connectivity index (χ3v) is 7.92. The number of primary amides is 1. The van der Waals surface area contributed by atoms with E-state index < -0.39 is 0 Å². The highest BCUT2D eigenvalue weighted by Gasteiger charge is 2.29. The van der Waals surface area contributed by atoms with Crippen molar-refractivity contribution in [3.8, 4) is 6.07 Å². The molecule has 2 aliphatic carbocycles. The molecule has 4 N–H and O–H groups in total. The molecule has 2 heterocycles. The third-order valence-electron chi connectivity index (χ3n) is 7.03. The lowest BCUT2D eigenvalue weighted by Gasteiger charge is -2.29. The minimum Gasteiger partial charge on any atom is -0.369 e. The van der Waals surface area contributed by atoms with Crippen molar-refractivity contribution in [3.05, 3.63) is 33.9 Å². The van der Waals surface area contributed by atoms with Crippen LogP contribution in [0.3, 0.4) is 0 Å². The highest BCUT2D eigenvalue weighted by atomic mass is 35.5. The van der Waals surface area contributed by atoms with Gasteiger partial charge >= 0.3 is 0 Å². The van der Waals surface area contributed by atoms with Crippen molar-refractivity contribution in [1.29, 1.82) is 5.26 Å². The van der Waals surface area contributed by atoms with Gasteiger partial charge in [0.15, 0.2) is 5.65 Å². The molecule has 2 fully saturated rings. The van der Waals surface area contributed by atoms with Gasteiger partial charge in [-0.2, -0.15) is 10.2 Å². The Morgan fingerprint density at radius 2 is 1.83 bits per heavy atom. The van der Waals surface area contributed by atoms with E-state index in [2.05, 4.69) is 20.2 Å². The molecule has 11 heteroatoms. The molecule has 5 rings (SSSR count). The van der Waals surface area contributed by atoms with Crippen molar-refractivity contribution < 1.29 is 4.79 Å². The van der Waals surface area contributed by atoms with Crippen molar-refractivity contribution in [1.82, 2.24) is 19.5 Å². The number of amides is 1. The predicted octanol–water partition coefficient (Wildman–Crippen LogP) is 5.32. The molecule has 1 aromatic carbocycles. The Hall–Kier alpha value is -3.09. The fourth-order valence-corrected chi connectivity index (χ4v) is 5.54. The molecule has 0 atom stereocenters. The predicted molar refractivity (Wildman–Crippen MR) is 136 cm³/mol. The maximum Gasteiger partial charge on any atom is 0.224 e. The molecule has 0 spiro atoms. The Labute approximate surface area is 213 Å². The van der Waals surface area contributed by atoms with Crippen molar-refractivity contribution >= 4 is 57.9 Å². The lowest BCUT2D eigenvalue weighted by Crippen LogP contribution is -2.28. The van der Waals surface area contributed by atoms with Gasteiger partial charge in [0.25, 0.3) is 0 Å². The van der Waals surface area contributed by atoms with Crippen LogP contribution < -0.4 is 16.4 Å². The van der Waals surface area contributed by atoms with Crippen LogP contribution in [0.1, 0.15) is 63.0 Å². The SMILES string of the molecule is N#Cc1ccc(Nc2nc3cnc(NC4CCCC4)nc3n2[C@H]2CC[C@H](C(N)=O)CC2)c(Cl)c1Cl. The first-order chi connectivity index (χ1) is 16.9. The number of hydrogen-bond acceptors (Lipinski definition) is 7. The van der Waals surface area contributed by atoms with Gasteiger partial charge in [-0.25, -0.2) is 9.97 Å². The van der Waals surface area contributed by atoms with Crippen LogP contribution in [0.15, 0.2) is 18.3 Å². The van der Waals surface area contributed by atoms with Crippen LogP contribution in [-0.4, -0.2) is 31.5 Å². The second-order valence-corrected chi connectivity index (χ2v) is 10.0. The lowest BCUT2D eigenvalue weighted by atomic mass is 9.85. The Balaban J connectivity index is 1.53. The maximum absolute atomic E-state index is 11.7. The van der Waals surface area contributed by atoms with Crippen molar-refractivity contribution in [2.75, 3.05) is 10.6 Å². The van der Waals surface area contributed by atoms with Gasteiger partial charge in [-0.1, -0.05) is 36.0 Å². The van der Waals surface area contributed by atoms with Gasteiger partial charge < -0.3 is 16.4 Å². The Kier molecular flexibility index (Phi) is 6.67. The highest BCUT2D eigenvalue weighted by molar-refractivity contribution is 6.44. The van der Waals surface area contributed by atoms with Gasteiger partial charge in [0, 0.05) is 18.0 Å². The smallest absolute Gasteiger partial charge is 0.224 e. The van der Waals surface area contributed by atoms with Crippen molar-refractivity contribution in [2.24, 2.45) is 11.7 Å². The highest BCUT2D eigenvalue weighted by Crippen LogP contribution is 2.39. The van der Waals surface area contributed by atoms with E-state index in [0.29, 0.717) is 53.2 Å². The number of imidazole rings is 1. The number of carbonyl (C=O) groups is 1. The summed E-state index contributed by atoms with van der Waals surface area (Å²) >= 11 is 12.7. The summed E-state index contributed by atoms with van der Waals surface area (Å²) in [4.78, 5) is 25.8. The summed E-state index contributed by atoms with van der Waals surface area (Å²) in [6.45, 7) is 0. The number of nitrogens with zero attached hydrogens (tertiary/aromatic N) is 5. The number of anilines is 3. The third kappa shape index (κ3) is 4.73. The zero-order chi connectivity index (χ0) is 24.5. The summed E-state index contributed by atoms with van der Waals surface area (Å²) in [5.41, 5.74) is 7.75. The van der Waals surface area contributed by atoms with Gasteiger partial charge in [0.2, 0.25) is 17.8 Å². The van der Waals surface area contributed by atoms with Gasteiger partial charge in [-0.3, -0.25) is 9.36 Å². The summed E-state index contributed by atoms with van der Waals surface area (Å²) in [6.07, 6.45) is 9.33. The van der Waals surface area contributed by atoms with Crippen LogP contribution in [0.2, 0.25) is 10.0 Å². The molecule has 0 bridgehead atoms. The van der Waals surface area contributed by atoms with Crippen LogP contribution in [0.4, 0.5) is 17.6 Å². The molecule has 182 valence electrons. The Bertz CT molecular complexity index is 1300. The Morgan fingerprint density at radius 1 is 1.09 bits per heavy atom. The first kappa shape index (κ1) is 23.6. The van der Waals surface area contributed by atoms with E-state index in [1.165, 1.54) is 12.8 Å². The fourth-order valence-electron chi connectivity index (χ4n) is 5.12. The number of aromatic nitrogens is 4. The normalized spacial score (nSPS) is 20.6. The average molecular weight is 513 g/mol. The number of nitrogens with two attached hydrogens (primary N) is 1. The topological polar surface area (TPSA) is 135 Å². The van der Waals surface area contributed by atoms with Crippen LogP contribution in [0.5, 0.6) is 0 Å². The number of halogens is 2. The zero-order valence-electron chi connectivity index (χ0n) is 19.1. The number of rotatable bonds is 6. The second kappa shape index (κ2) is 9.88. The maximum atomic E-state index is 11.7. The molecule has 0 unspecified atom stereocenters. The molecule has 2 aliphatic rings. The molecule has 2 saturated carbocycles. The fraction of sp³-hybridized carbons (Fsp3) is 0.458. The molecule has 0 radical (unpaired) electrons. The van der Waals surface area contributed by atoms with E-state index in [0.717, 1.165) is 25.7 Å². The van der Waals surface area contributed by atoms with E-state index in [1.54, 1.807) is 18.3 Å². The number of fused-ring (bicyclic) bond motifs is 1. The summed E-state index contributed by atoms with van der Waals surface area (Å²) < 4.78 is 2.07. The number of benzene rings is 1. The lowest BCUT2D eigenvalue weighted by molar-refractivity contribution is -0.122. The van der Waals surface area contributed by atoms with E-state index in [9.17, 15) is 10.1 Å². The molecule has 3 aromatic rings. The minimum absolute atomic E-state index is 0.0694. The molecule has 2 aromatic heterocycles. The summed E-state index contributed by atoms with van der Waals surface area (Å²) in [6, 6.07) is 5.81. The molecule has 35 heavy (non-hydrogen) atoms. The van der Waals surface area contributed by atoms with Crippen LogP contribution in [0.25, 0.3) is 11.2 Å².